The van der Waals surface area contributed by atoms with Gasteiger partial charge in [0.1, 0.15) is 0 Å². The average Bonchev–Trinajstić information content (AvgIpc) is 2.86. The van der Waals surface area contributed by atoms with Crippen LogP contribution >= 0.6 is 0 Å². The summed E-state index contributed by atoms with van der Waals surface area (Å²) in [6.45, 7) is 7.63. The lowest BCUT2D eigenvalue weighted by atomic mass is 9.85. The Labute approximate surface area is 102 Å². The van der Waals surface area contributed by atoms with E-state index in [1.807, 2.05) is 10.8 Å². The minimum Gasteiger partial charge on any atom is -0.392 e. The van der Waals surface area contributed by atoms with Gasteiger partial charge >= 0.3 is 0 Å². The van der Waals surface area contributed by atoms with E-state index in [0.29, 0.717) is 6.04 Å². The third-order valence-corrected chi connectivity index (χ3v) is 3.67. The molecule has 0 spiro atoms. The molecule has 0 fully saturated rings. The highest BCUT2D eigenvalue weighted by Crippen LogP contribution is 2.45. The predicted molar refractivity (Wildman–Crippen MR) is 68.4 cm³/mol. The van der Waals surface area contributed by atoms with Crippen LogP contribution in [0.3, 0.4) is 0 Å². The summed E-state index contributed by atoms with van der Waals surface area (Å²) in [5.74, 6) is 0. The van der Waals surface area contributed by atoms with Crippen molar-refractivity contribution >= 4 is 5.70 Å². The number of hydrogen-bond acceptors (Lipinski definition) is 3. The molecule has 1 atom stereocenters. The van der Waals surface area contributed by atoms with Crippen LogP contribution < -0.4 is 5.32 Å². The maximum absolute atomic E-state index is 9.53. The number of aliphatic hydroxyl groups excluding tert-OH is 1. The van der Waals surface area contributed by atoms with Crippen molar-refractivity contribution in [2.75, 3.05) is 13.2 Å². The summed E-state index contributed by atoms with van der Waals surface area (Å²) in [4.78, 5) is 4.10. The molecule has 1 aromatic rings. The smallest absolute Gasteiger partial charge is 0.0989 e. The molecule has 94 valence electrons. The van der Waals surface area contributed by atoms with E-state index >= 15 is 0 Å². The van der Waals surface area contributed by atoms with Gasteiger partial charge in [0.25, 0.3) is 0 Å². The fourth-order valence-corrected chi connectivity index (χ4v) is 2.84. The third kappa shape index (κ3) is 2.03. The monoisotopic (exact) mass is 235 g/mol. The normalized spacial score (nSPS) is 23.4. The third-order valence-electron chi connectivity index (χ3n) is 3.67. The summed E-state index contributed by atoms with van der Waals surface area (Å²) >= 11 is 0. The molecular formula is C13H21N3O. The molecule has 4 heteroatoms. The Bertz CT molecular complexity index is 406. The Morgan fingerprint density at radius 1 is 1.59 bits per heavy atom. The Morgan fingerprint density at radius 2 is 2.35 bits per heavy atom. The van der Waals surface area contributed by atoms with Crippen molar-refractivity contribution < 1.29 is 5.11 Å². The number of imidazole rings is 1. The lowest BCUT2D eigenvalue weighted by molar-refractivity contribution is 0.315. The van der Waals surface area contributed by atoms with E-state index in [0.717, 1.165) is 18.5 Å². The first-order chi connectivity index (χ1) is 8.11. The minimum absolute atomic E-state index is 0.00870. The second kappa shape index (κ2) is 4.63. The molecule has 1 aliphatic rings. The summed E-state index contributed by atoms with van der Waals surface area (Å²) in [7, 11) is 0. The highest BCUT2D eigenvalue weighted by molar-refractivity contribution is 5.61. The first kappa shape index (κ1) is 12.3. The van der Waals surface area contributed by atoms with Crippen molar-refractivity contribution in [3.05, 3.63) is 24.3 Å². The Morgan fingerprint density at radius 3 is 2.88 bits per heavy atom. The molecule has 0 bridgehead atoms. The highest BCUT2D eigenvalue weighted by Gasteiger charge is 2.41. The molecule has 1 heterocycles. The largest absolute Gasteiger partial charge is 0.392 e. The van der Waals surface area contributed by atoms with Crippen molar-refractivity contribution in [3.63, 3.8) is 0 Å². The summed E-state index contributed by atoms with van der Waals surface area (Å²) in [6, 6.07) is 0.382. The van der Waals surface area contributed by atoms with E-state index in [1.54, 1.807) is 12.5 Å². The van der Waals surface area contributed by atoms with Crippen LogP contribution in [0.4, 0.5) is 0 Å². The molecule has 0 saturated heterocycles. The molecule has 4 nitrogen and oxygen atoms in total. The van der Waals surface area contributed by atoms with Gasteiger partial charge in [-0.2, -0.15) is 0 Å². The minimum atomic E-state index is 0.00870. The summed E-state index contributed by atoms with van der Waals surface area (Å²) in [5, 5.41) is 13.0. The lowest BCUT2D eigenvalue weighted by Gasteiger charge is -2.31. The van der Waals surface area contributed by atoms with Crippen molar-refractivity contribution in [2.45, 2.75) is 33.2 Å². The highest BCUT2D eigenvalue weighted by atomic mass is 16.3. The number of nitrogens with one attached hydrogen (secondary N) is 1. The maximum Gasteiger partial charge on any atom is 0.0989 e. The van der Waals surface area contributed by atoms with Crippen LogP contribution in [0.15, 0.2) is 24.3 Å². The van der Waals surface area contributed by atoms with E-state index < -0.39 is 0 Å². The van der Waals surface area contributed by atoms with Crippen LogP contribution in [0.5, 0.6) is 0 Å². The van der Waals surface area contributed by atoms with E-state index in [4.69, 9.17) is 0 Å². The van der Waals surface area contributed by atoms with E-state index in [1.165, 1.54) is 5.70 Å². The van der Waals surface area contributed by atoms with Gasteiger partial charge in [-0.15, -0.1) is 0 Å². The first-order valence-corrected chi connectivity index (χ1v) is 6.16. The summed E-state index contributed by atoms with van der Waals surface area (Å²) in [5.41, 5.74) is 2.30. The van der Waals surface area contributed by atoms with Crippen molar-refractivity contribution in [1.82, 2.24) is 14.9 Å². The van der Waals surface area contributed by atoms with Gasteiger partial charge in [-0.3, -0.25) is 0 Å². The average molecular weight is 235 g/mol. The molecule has 0 amide bonds. The number of aliphatic hydroxyl groups is 1. The zero-order chi connectivity index (χ0) is 12.5. The van der Waals surface area contributed by atoms with Gasteiger partial charge in [-0.05, 0) is 18.5 Å². The zero-order valence-electron chi connectivity index (χ0n) is 10.8. The van der Waals surface area contributed by atoms with Gasteiger partial charge in [-0.1, -0.05) is 20.8 Å². The molecule has 0 radical (unpaired) electrons. The molecule has 2 N–H and O–H groups in total. The Balaban J connectivity index is 2.39. The van der Waals surface area contributed by atoms with E-state index in [2.05, 4.69) is 31.1 Å². The van der Waals surface area contributed by atoms with Gasteiger partial charge in [-0.25, -0.2) is 4.98 Å². The summed E-state index contributed by atoms with van der Waals surface area (Å²) in [6.07, 6.45) is 6.44. The van der Waals surface area contributed by atoms with Gasteiger partial charge < -0.3 is 15.0 Å². The van der Waals surface area contributed by atoms with E-state index in [9.17, 15) is 5.11 Å². The molecule has 0 saturated carbocycles. The number of hydrogen-bond donors (Lipinski definition) is 2. The Kier molecular flexibility index (Phi) is 3.35. The molecule has 2 rings (SSSR count). The molecule has 1 unspecified atom stereocenters. The second-order valence-corrected chi connectivity index (χ2v) is 5.12. The fraction of sp³-hybridized carbons (Fsp3) is 0.615. The van der Waals surface area contributed by atoms with Crippen molar-refractivity contribution in [1.29, 1.82) is 0 Å². The SMILES string of the molecule is CCNC1CC(CO)=C(n2ccnc2)C1(C)C. The summed E-state index contributed by atoms with van der Waals surface area (Å²) < 4.78 is 2.03. The molecule has 1 aliphatic carbocycles. The van der Waals surface area contributed by atoms with Crippen LogP contribution in [-0.2, 0) is 0 Å². The van der Waals surface area contributed by atoms with Crippen LogP contribution in [0.2, 0.25) is 0 Å². The fourth-order valence-electron chi connectivity index (χ4n) is 2.84. The topological polar surface area (TPSA) is 50.1 Å². The zero-order valence-corrected chi connectivity index (χ0v) is 10.8. The predicted octanol–water partition coefficient (Wildman–Crippen LogP) is 1.49. The quantitative estimate of drug-likeness (QED) is 0.831. The number of rotatable bonds is 4. The van der Waals surface area contributed by atoms with Crippen LogP contribution in [0, 0.1) is 5.41 Å². The van der Waals surface area contributed by atoms with Gasteiger partial charge in [0.05, 0.1) is 12.9 Å². The lowest BCUT2D eigenvalue weighted by Crippen LogP contribution is -2.39. The van der Waals surface area contributed by atoms with Crippen molar-refractivity contribution in [2.24, 2.45) is 5.41 Å². The Hall–Kier alpha value is -1.13. The van der Waals surface area contributed by atoms with Crippen LogP contribution in [0.1, 0.15) is 27.2 Å². The molecule has 1 aromatic heterocycles. The molecule has 17 heavy (non-hydrogen) atoms. The molecular weight excluding hydrogens is 214 g/mol. The second-order valence-electron chi connectivity index (χ2n) is 5.12. The van der Waals surface area contributed by atoms with Gasteiger partial charge in [0.2, 0.25) is 0 Å². The number of nitrogens with zero attached hydrogens (tertiary/aromatic N) is 2. The van der Waals surface area contributed by atoms with Crippen LogP contribution in [-0.4, -0.2) is 33.9 Å². The van der Waals surface area contributed by atoms with Gasteiger partial charge in [0.15, 0.2) is 0 Å². The van der Waals surface area contributed by atoms with E-state index in [-0.39, 0.29) is 12.0 Å². The van der Waals surface area contributed by atoms with Crippen LogP contribution in [0.25, 0.3) is 5.70 Å². The number of aromatic nitrogens is 2. The standard InChI is InChI=1S/C13H21N3O/c1-4-15-11-7-10(8-17)12(13(11,2)3)16-6-5-14-9-16/h5-6,9,11,15,17H,4,7-8H2,1-3H3. The first-order valence-electron chi connectivity index (χ1n) is 6.16. The molecule has 0 aromatic carbocycles. The maximum atomic E-state index is 9.53. The van der Waals surface area contributed by atoms with Gasteiger partial charge in [0, 0.05) is 29.5 Å². The molecule has 0 aliphatic heterocycles. The van der Waals surface area contributed by atoms with Crippen molar-refractivity contribution in [3.8, 4) is 0 Å².